The predicted octanol–water partition coefficient (Wildman–Crippen LogP) is 13.1. The third-order valence-corrected chi connectivity index (χ3v) is 9.53. The summed E-state index contributed by atoms with van der Waals surface area (Å²) in [6.45, 7) is 8.30. The first-order valence-electron chi connectivity index (χ1n) is 22.1. The van der Waals surface area contributed by atoms with Gasteiger partial charge in [-0.25, -0.2) is 4.79 Å². The zero-order valence-corrected chi connectivity index (χ0v) is 34.7. The first-order valence-corrected chi connectivity index (χ1v) is 22.1. The summed E-state index contributed by atoms with van der Waals surface area (Å²) in [6.07, 6.45) is 46.1. The van der Waals surface area contributed by atoms with Crippen LogP contribution in [0, 0.1) is 0 Å². The van der Waals surface area contributed by atoms with Crippen molar-refractivity contribution in [2.75, 3.05) is 53.6 Å². The maximum atomic E-state index is 12.4. The number of unbranched alkanes of at least 4 members (excludes halogenated alkanes) is 24. The molecule has 0 fully saturated rings. The molecule has 0 aromatic carbocycles. The lowest BCUT2D eigenvalue weighted by Crippen LogP contribution is -2.35. The summed E-state index contributed by atoms with van der Waals surface area (Å²) >= 11 is 0. The number of amides is 1. The third-order valence-electron chi connectivity index (χ3n) is 9.53. The lowest BCUT2D eigenvalue weighted by atomic mass is 10.1. The molecule has 0 saturated heterocycles. The lowest BCUT2D eigenvalue weighted by molar-refractivity contribution is -0.0292. The maximum absolute atomic E-state index is 12.4. The Bertz CT molecular complexity index is 696. The second-order valence-electron chi connectivity index (χ2n) is 15.1. The number of nitrogens with one attached hydrogen (secondary N) is 1. The van der Waals surface area contributed by atoms with Crippen molar-refractivity contribution in [3.63, 3.8) is 0 Å². The Kier molecular flexibility index (Phi) is 41.9. The van der Waals surface area contributed by atoms with Gasteiger partial charge in [0.05, 0.1) is 13.2 Å². The number of carbonyl (C=O) groups is 1. The van der Waals surface area contributed by atoms with Crippen LogP contribution in [0.5, 0.6) is 0 Å². The smallest absolute Gasteiger partial charge is 0.407 e. The zero-order valence-electron chi connectivity index (χ0n) is 34.7. The Morgan fingerprint density at radius 1 is 0.510 bits per heavy atom. The second kappa shape index (κ2) is 43.0. The summed E-state index contributed by atoms with van der Waals surface area (Å²) < 4.78 is 17.6. The van der Waals surface area contributed by atoms with Crippen molar-refractivity contribution >= 4 is 6.09 Å². The van der Waals surface area contributed by atoms with Gasteiger partial charge in [0.2, 0.25) is 0 Å². The first kappa shape index (κ1) is 49.6. The fourth-order valence-corrected chi connectivity index (χ4v) is 6.23. The minimum atomic E-state index is -0.375. The van der Waals surface area contributed by atoms with E-state index in [9.17, 15) is 4.79 Å². The van der Waals surface area contributed by atoms with Gasteiger partial charge < -0.3 is 24.4 Å². The van der Waals surface area contributed by atoms with Crippen LogP contribution in [0.2, 0.25) is 0 Å². The normalized spacial score (nSPS) is 12.5. The standard InChI is InChI=1S/C45H88N2O4/c1-5-7-9-11-13-15-17-19-21-23-25-27-29-31-33-35-40-49-42-44(51-45(48)46-38-37-39-47(3)4)43-50-41-36-34-32-30-28-26-24-22-20-18-16-14-12-10-8-6-2/h19-22,44H,5-18,23-43H2,1-4H3,(H,46,48). The number of allylic oxidation sites excluding steroid dienone is 4. The van der Waals surface area contributed by atoms with E-state index in [2.05, 4.69) is 48.4 Å². The highest BCUT2D eigenvalue weighted by molar-refractivity contribution is 5.67. The Morgan fingerprint density at radius 3 is 1.24 bits per heavy atom. The zero-order chi connectivity index (χ0) is 37.1. The Balaban J connectivity index is 3.94. The van der Waals surface area contributed by atoms with E-state index in [1.54, 1.807) is 0 Å². The van der Waals surface area contributed by atoms with Crippen LogP contribution in [0.3, 0.4) is 0 Å². The third kappa shape index (κ3) is 42.9. The van der Waals surface area contributed by atoms with Gasteiger partial charge in [0, 0.05) is 19.8 Å². The first-order chi connectivity index (χ1) is 25.1. The highest BCUT2D eigenvalue weighted by Crippen LogP contribution is 2.12. The van der Waals surface area contributed by atoms with Crippen LogP contribution in [0.25, 0.3) is 0 Å². The molecule has 1 N–H and O–H groups in total. The van der Waals surface area contributed by atoms with Crippen molar-refractivity contribution in [3.05, 3.63) is 24.3 Å². The van der Waals surface area contributed by atoms with Crippen LogP contribution in [0.4, 0.5) is 4.79 Å². The highest BCUT2D eigenvalue weighted by Gasteiger charge is 2.15. The quantitative estimate of drug-likeness (QED) is 0.0503. The van der Waals surface area contributed by atoms with Gasteiger partial charge in [-0.15, -0.1) is 0 Å². The number of ether oxygens (including phenoxy) is 3. The van der Waals surface area contributed by atoms with E-state index in [0.29, 0.717) is 33.0 Å². The number of rotatable bonds is 41. The molecule has 0 aromatic heterocycles. The lowest BCUT2D eigenvalue weighted by Gasteiger charge is -2.19. The van der Waals surface area contributed by atoms with Gasteiger partial charge in [0.15, 0.2) is 6.10 Å². The van der Waals surface area contributed by atoms with E-state index in [-0.39, 0.29) is 12.2 Å². The molecule has 0 aliphatic heterocycles. The van der Waals surface area contributed by atoms with Crippen molar-refractivity contribution in [1.82, 2.24) is 10.2 Å². The SMILES string of the molecule is CCCCCCCCC=CCCCCCCCCOCC(COCCCCCCCCC=CCCCCCCCC)OC(=O)NCCCN(C)C. The van der Waals surface area contributed by atoms with Gasteiger partial charge >= 0.3 is 6.09 Å². The average molecular weight is 721 g/mol. The Morgan fingerprint density at radius 2 is 0.863 bits per heavy atom. The molecule has 51 heavy (non-hydrogen) atoms. The molecule has 0 radical (unpaired) electrons. The van der Waals surface area contributed by atoms with Crippen molar-refractivity contribution < 1.29 is 19.0 Å². The summed E-state index contributed by atoms with van der Waals surface area (Å²) in [5.41, 5.74) is 0. The molecule has 0 atom stereocenters. The number of nitrogens with zero attached hydrogens (tertiary/aromatic N) is 1. The van der Waals surface area contributed by atoms with Gasteiger partial charge in [-0.2, -0.15) is 0 Å². The van der Waals surface area contributed by atoms with E-state index < -0.39 is 0 Å². The summed E-state index contributed by atoms with van der Waals surface area (Å²) in [4.78, 5) is 14.5. The van der Waals surface area contributed by atoms with Crippen LogP contribution in [0.1, 0.15) is 200 Å². The van der Waals surface area contributed by atoms with Crippen molar-refractivity contribution in [1.29, 1.82) is 0 Å². The monoisotopic (exact) mass is 721 g/mol. The highest BCUT2D eigenvalue weighted by atomic mass is 16.6. The molecule has 0 heterocycles. The van der Waals surface area contributed by atoms with Crippen LogP contribution >= 0.6 is 0 Å². The van der Waals surface area contributed by atoms with E-state index in [1.807, 2.05) is 14.1 Å². The van der Waals surface area contributed by atoms with Crippen molar-refractivity contribution in [2.24, 2.45) is 0 Å². The molecule has 0 bridgehead atoms. The molecule has 0 aliphatic rings. The number of hydrogen-bond acceptors (Lipinski definition) is 5. The van der Waals surface area contributed by atoms with Gasteiger partial charge in [0.25, 0.3) is 0 Å². The minimum absolute atomic E-state index is 0.373. The van der Waals surface area contributed by atoms with E-state index in [0.717, 1.165) is 25.8 Å². The van der Waals surface area contributed by atoms with Crippen LogP contribution < -0.4 is 5.32 Å². The maximum Gasteiger partial charge on any atom is 0.407 e. The minimum Gasteiger partial charge on any atom is -0.441 e. The second-order valence-corrected chi connectivity index (χ2v) is 15.1. The van der Waals surface area contributed by atoms with Gasteiger partial charge in [-0.3, -0.25) is 0 Å². The number of alkyl carbamates (subject to hydrolysis) is 1. The fourth-order valence-electron chi connectivity index (χ4n) is 6.23. The van der Waals surface area contributed by atoms with Crippen LogP contribution in [0.15, 0.2) is 24.3 Å². The summed E-state index contributed by atoms with van der Waals surface area (Å²) in [5.74, 6) is 0. The van der Waals surface area contributed by atoms with Gasteiger partial charge in [0.1, 0.15) is 0 Å². The molecular formula is C45H88N2O4. The molecule has 0 rings (SSSR count). The largest absolute Gasteiger partial charge is 0.441 e. The Hall–Kier alpha value is -1.37. The fraction of sp³-hybridized carbons (Fsp3) is 0.889. The average Bonchev–Trinajstić information content (AvgIpc) is 3.12. The van der Waals surface area contributed by atoms with E-state index >= 15 is 0 Å². The summed E-state index contributed by atoms with van der Waals surface area (Å²) in [6, 6.07) is 0. The van der Waals surface area contributed by atoms with E-state index in [1.165, 1.54) is 167 Å². The van der Waals surface area contributed by atoms with Crippen LogP contribution in [-0.2, 0) is 14.2 Å². The molecule has 0 aliphatic carbocycles. The molecule has 1 amide bonds. The predicted molar refractivity (Wildman–Crippen MR) is 222 cm³/mol. The molecule has 0 aromatic rings. The molecule has 6 nitrogen and oxygen atoms in total. The van der Waals surface area contributed by atoms with Gasteiger partial charge in [-0.05, 0) is 91.3 Å². The van der Waals surface area contributed by atoms with Crippen molar-refractivity contribution in [2.45, 2.75) is 206 Å². The number of hydrogen-bond donors (Lipinski definition) is 1. The summed E-state index contributed by atoms with van der Waals surface area (Å²) in [7, 11) is 4.08. The molecule has 302 valence electrons. The van der Waals surface area contributed by atoms with Gasteiger partial charge in [-0.1, -0.05) is 154 Å². The molecule has 6 heteroatoms. The van der Waals surface area contributed by atoms with Crippen LogP contribution in [-0.4, -0.2) is 70.7 Å². The topological polar surface area (TPSA) is 60.0 Å². The Labute approximate surface area is 318 Å². The van der Waals surface area contributed by atoms with Crippen molar-refractivity contribution in [3.8, 4) is 0 Å². The summed E-state index contributed by atoms with van der Waals surface area (Å²) in [5, 5.41) is 2.88. The molecular weight excluding hydrogens is 633 g/mol. The van der Waals surface area contributed by atoms with E-state index in [4.69, 9.17) is 14.2 Å². The molecule has 0 saturated carbocycles. The number of carbonyl (C=O) groups excluding carboxylic acids is 1. The molecule has 0 unspecified atom stereocenters. The molecule has 0 spiro atoms.